The summed E-state index contributed by atoms with van der Waals surface area (Å²) in [6.07, 6.45) is 3.40. The Bertz CT molecular complexity index is 876. The number of amides is 1. The molecule has 0 spiro atoms. The first-order valence-electron chi connectivity index (χ1n) is 7.42. The van der Waals surface area contributed by atoms with Crippen LogP contribution in [0.25, 0.3) is 5.69 Å². The molecule has 1 amide bonds. The van der Waals surface area contributed by atoms with Crippen molar-refractivity contribution >= 4 is 17.5 Å². The minimum atomic E-state index is -0.276. The van der Waals surface area contributed by atoms with Crippen LogP contribution < -0.4 is 5.32 Å². The Balaban J connectivity index is 1.82. The van der Waals surface area contributed by atoms with Gasteiger partial charge in [0.1, 0.15) is 0 Å². The van der Waals surface area contributed by atoms with Gasteiger partial charge < -0.3 is 5.32 Å². The smallest absolute Gasteiger partial charge is 0.274 e. The standard InChI is InChI=1S/C17H16ClN5O/c1-11-5-6-14(18)8-15(11)23-12(2)16(21-22-23)17(24)20-10-13-4-3-7-19-9-13/h3-9H,10H2,1-2H3,(H,20,24). The van der Waals surface area contributed by atoms with Gasteiger partial charge in [-0.05, 0) is 43.2 Å². The number of aromatic nitrogens is 4. The van der Waals surface area contributed by atoms with E-state index in [1.165, 1.54) is 0 Å². The molecule has 0 saturated heterocycles. The second-order valence-electron chi connectivity index (χ2n) is 5.41. The highest BCUT2D eigenvalue weighted by molar-refractivity contribution is 6.30. The molecule has 7 heteroatoms. The number of hydrogen-bond donors (Lipinski definition) is 1. The fraction of sp³-hybridized carbons (Fsp3) is 0.176. The molecule has 0 bridgehead atoms. The van der Waals surface area contributed by atoms with Crippen molar-refractivity contribution in [2.75, 3.05) is 0 Å². The molecule has 122 valence electrons. The third-order valence-electron chi connectivity index (χ3n) is 3.68. The first-order chi connectivity index (χ1) is 11.6. The minimum absolute atomic E-state index is 0.276. The van der Waals surface area contributed by atoms with Gasteiger partial charge in [-0.1, -0.05) is 28.9 Å². The number of carbonyl (C=O) groups excluding carboxylic acids is 1. The van der Waals surface area contributed by atoms with Crippen molar-refractivity contribution in [2.24, 2.45) is 0 Å². The molecule has 0 radical (unpaired) electrons. The van der Waals surface area contributed by atoms with Gasteiger partial charge in [-0.15, -0.1) is 5.10 Å². The van der Waals surface area contributed by atoms with Crippen LogP contribution in [-0.2, 0) is 6.54 Å². The number of nitrogens with zero attached hydrogens (tertiary/aromatic N) is 4. The lowest BCUT2D eigenvalue weighted by atomic mass is 10.2. The first-order valence-corrected chi connectivity index (χ1v) is 7.80. The van der Waals surface area contributed by atoms with Gasteiger partial charge in [-0.2, -0.15) is 0 Å². The summed E-state index contributed by atoms with van der Waals surface area (Å²) in [7, 11) is 0. The molecule has 2 aromatic heterocycles. The van der Waals surface area contributed by atoms with Gasteiger partial charge in [-0.3, -0.25) is 9.78 Å². The summed E-state index contributed by atoms with van der Waals surface area (Å²) in [5, 5.41) is 11.5. The minimum Gasteiger partial charge on any atom is -0.346 e. The van der Waals surface area contributed by atoms with Gasteiger partial charge in [0.15, 0.2) is 5.69 Å². The number of rotatable bonds is 4. The molecule has 0 aliphatic carbocycles. The summed E-state index contributed by atoms with van der Waals surface area (Å²) in [4.78, 5) is 16.4. The SMILES string of the molecule is Cc1ccc(Cl)cc1-n1nnc(C(=O)NCc2cccnc2)c1C. The average molecular weight is 342 g/mol. The van der Waals surface area contributed by atoms with E-state index in [4.69, 9.17) is 11.6 Å². The Kier molecular flexibility index (Phi) is 4.57. The number of halogens is 1. The molecule has 0 unspecified atom stereocenters. The number of carbonyl (C=O) groups is 1. The Hall–Kier alpha value is -2.73. The van der Waals surface area contributed by atoms with Gasteiger partial charge in [0, 0.05) is 24.0 Å². The number of nitrogens with one attached hydrogen (secondary N) is 1. The molecule has 3 aromatic rings. The van der Waals surface area contributed by atoms with E-state index >= 15 is 0 Å². The second-order valence-corrected chi connectivity index (χ2v) is 5.85. The van der Waals surface area contributed by atoms with Crippen molar-refractivity contribution in [3.05, 3.63) is 70.3 Å². The summed E-state index contributed by atoms with van der Waals surface area (Å²) in [6, 6.07) is 9.24. The zero-order valence-corrected chi connectivity index (χ0v) is 14.1. The number of benzene rings is 1. The van der Waals surface area contributed by atoms with Crippen molar-refractivity contribution in [1.29, 1.82) is 0 Å². The average Bonchev–Trinajstić information content (AvgIpc) is 2.97. The van der Waals surface area contributed by atoms with Gasteiger partial charge in [0.2, 0.25) is 0 Å². The summed E-state index contributed by atoms with van der Waals surface area (Å²) in [6.45, 7) is 4.14. The predicted octanol–water partition coefficient (Wildman–Crippen LogP) is 2.86. The van der Waals surface area contributed by atoms with E-state index < -0.39 is 0 Å². The lowest BCUT2D eigenvalue weighted by Crippen LogP contribution is -2.24. The summed E-state index contributed by atoms with van der Waals surface area (Å²) in [5.41, 5.74) is 3.66. The van der Waals surface area contributed by atoms with Crippen LogP contribution in [0.4, 0.5) is 0 Å². The van der Waals surface area contributed by atoms with Crippen LogP contribution in [-0.4, -0.2) is 25.9 Å². The van der Waals surface area contributed by atoms with E-state index in [9.17, 15) is 4.79 Å². The Morgan fingerprint density at radius 2 is 2.12 bits per heavy atom. The first kappa shape index (κ1) is 16.1. The van der Waals surface area contributed by atoms with Crippen LogP contribution >= 0.6 is 11.6 Å². The molecule has 0 fully saturated rings. The van der Waals surface area contributed by atoms with Crippen molar-refractivity contribution < 1.29 is 4.79 Å². The third kappa shape index (κ3) is 3.28. The predicted molar refractivity (Wildman–Crippen MR) is 91.3 cm³/mol. The molecule has 0 aliphatic heterocycles. The molecule has 24 heavy (non-hydrogen) atoms. The molecule has 0 aliphatic rings. The molecule has 3 rings (SSSR count). The number of aryl methyl sites for hydroxylation is 1. The highest BCUT2D eigenvalue weighted by Gasteiger charge is 2.18. The van der Waals surface area contributed by atoms with Gasteiger partial charge >= 0.3 is 0 Å². The van der Waals surface area contributed by atoms with Crippen LogP contribution in [0.3, 0.4) is 0 Å². The highest BCUT2D eigenvalue weighted by Crippen LogP contribution is 2.20. The van der Waals surface area contributed by atoms with Crippen LogP contribution in [0.15, 0.2) is 42.7 Å². The normalized spacial score (nSPS) is 10.6. The molecule has 0 saturated carbocycles. The third-order valence-corrected chi connectivity index (χ3v) is 3.92. The lowest BCUT2D eigenvalue weighted by Gasteiger charge is -2.08. The van der Waals surface area contributed by atoms with Gasteiger partial charge in [0.05, 0.1) is 11.4 Å². The second kappa shape index (κ2) is 6.80. The van der Waals surface area contributed by atoms with Crippen molar-refractivity contribution in [3.8, 4) is 5.69 Å². The van der Waals surface area contributed by atoms with Crippen LogP contribution in [0, 0.1) is 13.8 Å². The Labute approximate surface area is 144 Å². The van der Waals surface area contributed by atoms with Crippen molar-refractivity contribution in [2.45, 2.75) is 20.4 Å². The molecule has 1 aromatic carbocycles. The largest absolute Gasteiger partial charge is 0.346 e. The Morgan fingerprint density at radius 1 is 1.29 bits per heavy atom. The molecule has 1 N–H and O–H groups in total. The van der Waals surface area contributed by atoms with E-state index in [1.54, 1.807) is 30.1 Å². The van der Waals surface area contributed by atoms with Crippen LogP contribution in [0.2, 0.25) is 5.02 Å². The van der Waals surface area contributed by atoms with Gasteiger partial charge in [0.25, 0.3) is 5.91 Å². The molecule has 6 nitrogen and oxygen atoms in total. The lowest BCUT2D eigenvalue weighted by molar-refractivity contribution is 0.0945. The topological polar surface area (TPSA) is 72.7 Å². The van der Waals surface area contributed by atoms with E-state index in [2.05, 4.69) is 20.6 Å². The van der Waals surface area contributed by atoms with E-state index in [-0.39, 0.29) is 5.91 Å². The summed E-state index contributed by atoms with van der Waals surface area (Å²) >= 11 is 6.06. The zero-order valence-electron chi connectivity index (χ0n) is 13.3. The molecular weight excluding hydrogens is 326 g/mol. The van der Waals surface area contributed by atoms with Gasteiger partial charge in [-0.25, -0.2) is 4.68 Å². The maximum atomic E-state index is 12.4. The van der Waals surface area contributed by atoms with E-state index in [1.807, 2.05) is 31.2 Å². The maximum absolute atomic E-state index is 12.4. The van der Waals surface area contributed by atoms with E-state index in [0.717, 1.165) is 16.8 Å². The number of pyridine rings is 1. The van der Waals surface area contributed by atoms with Crippen LogP contribution in [0.1, 0.15) is 27.3 Å². The Morgan fingerprint density at radius 3 is 2.88 bits per heavy atom. The van der Waals surface area contributed by atoms with Crippen molar-refractivity contribution in [3.63, 3.8) is 0 Å². The molecule has 2 heterocycles. The fourth-order valence-electron chi connectivity index (χ4n) is 2.35. The van der Waals surface area contributed by atoms with E-state index in [0.29, 0.717) is 23.0 Å². The van der Waals surface area contributed by atoms with Crippen molar-refractivity contribution in [1.82, 2.24) is 25.3 Å². The molecule has 0 atom stereocenters. The summed E-state index contributed by atoms with van der Waals surface area (Å²) in [5.74, 6) is -0.276. The monoisotopic (exact) mass is 341 g/mol. The fourth-order valence-corrected chi connectivity index (χ4v) is 2.51. The summed E-state index contributed by atoms with van der Waals surface area (Å²) < 4.78 is 1.63. The van der Waals surface area contributed by atoms with Crippen LogP contribution in [0.5, 0.6) is 0 Å². The zero-order chi connectivity index (χ0) is 17.1. The molecular formula is C17H16ClN5O. The number of hydrogen-bond acceptors (Lipinski definition) is 4. The maximum Gasteiger partial charge on any atom is 0.274 e. The quantitative estimate of drug-likeness (QED) is 0.792. The highest BCUT2D eigenvalue weighted by atomic mass is 35.5.